The van der Waals surface area contributed by atoms with Gasteiger partial charge in [-0.05, 0) is 13.3 Å². The maximum absolute atomic E-state index is 11.9. The van der Waals surface area contributed by atoms with Gasteiger partial charge in [0.15, 0.2) is 0 Å². The number of rotatable bonds is 7. The molecule has 1 aromatic heterocycles. The van der Waals surface area contributed by atoms with E-state index in [1.807, 2.05) is 13.8 Å². The molecule has 0 bridgehead atoms. The van der Waals surface area contributed by atoms with E-state index in [1.165, 1.54) is 6.20 Å². The van der Waals surface area contributed by atoms with E-state index in [4.69, 9.17) is 0 Å². The van der Waals surface area contributed by atoms with Gasteiger partial charge in [-0.3, -0.25) is 9.59 Å². The summed E-state index contributed by atoms with van der Waals surface area (Å²) in [5.41, 5.74) is -0.597. The summed E-state index contributed by atoms with van der Waals surface area (Å²) < 4.78 is 25.9. The Kier molecular flexibility index (Phi) is 5.90. The Balaban J connectivity index is 2.56. The van der Waals surface area contributed by atoms with Gasteiger partial charge in [0.2, 0.25) is 21.4 Å². The Morgan fingerprint density at radius 3 is 2.75 bits per heavy atom. The summed E-state index contributed by atoms with van der Waals surface area (Å²) in [7, 11) is -3.89. The summed E-state index contributed by atoms with van der Waals surface area (Å²) in [6.45, 7) is 3.75. The fraction of sp³-hybridized carbons (Fsp3) is 0.500. The van der Waals surface area contributed by atoms with E-state index < -0.39 is 15.5 Å². The van der Waals surface area contributed by atoms with Gasteiger partial charge >= 0.3 is 0 Å². The Labute approximate surface area is 117 Å². The van der Waals surface area contributed by atoms with Crippen molar-refractivity contribution in [2.24, 2.45) is 0 Å². The first-order valence-corrected chi connectivity index (χ1v) is 7.81. The van der Waals surface area contributed by atoms with Crippen molar-refractivity contribution in [1.82, 2.24) is 15.0 Å². The highest BCUT2D eigenvalue weighted by atomic mass is 32.2. The van der Waals surface area contributed by atoms with E-state index >= 15 is 0 Å². The van der Waals surface area contributed by atoms with Gasteiger partial charge in [-0.1, -0.05) is 6.92 Å². The lowest BCUT2D eigenvalue weighted by molar-refractivity contribution is -0.121. The number of amides is 1. The van der Waals surface area contributed by atoms with E-state index in [1.54, 1.807) is 0 Å². The highest BCUT2D eigenvalue weighted by molar-refractivity contribution is 7.89. The van der Waals surface area contributed by atoms with Crippen molar-refractivity contribution in [2.75, 3.05) is 6.54 Å². The molecular formula is C12H19N3O4S. The van der Waals surface area contributed by atoms with Crippen LogP contribution in [0.5, 0.6) is 0 Å². The molecule has 8 heteroatoms. The van der Waals surface area contributed by atoms with E-state index in [9.17, 15) is 18.0 Å². The van der Waals surface area contributed by atoms with Gasteiger partial charge in [-0.25, -0.2) is 13.1 Å². The highest BCUT2D eigenvalue weighted by Crippen LogP contribution is 1.99. The van der Waals surface area contributed by atoms with Crippen molar-refractivity contribution in [3.05, 3.63) is 28.7 Å². The van der Waals surface area contributed by atoms with Crippen LogP contribution in [0.4, 0.5) is 0 Å². The topological polar surface area (TPSA) is 108 Å². The second-order valence-corrected chi connectivity index (χ2v) is 6.13. The molecule has 3 N–H and O–H groups in total. The van der Waals surface area contributed by atoms with E-state index in [0.29, 0.717) is 0 Å². The molecule has 0 fully saturated rings. The van der Waals surface area contributed by atoms with Gasteiger partial charge in [0.05, 0.1) is 0 Å². The monoisotopic (exact) mass is 301 g/mol. The summed E-state index contributed by atoms with van der Waals surface area (Å²) in [6.07, 6.45) is 3.29. The van der Waals surface area contributed by atoms with Gasteiger partial charge in [0.25, 0.3) is 0 Å². The fourth-order valence-electron chi connectivity index (χ4n) is 1.44. The summed E-state index contributed by atoms with van der Waals surface area (Å²) in [4.78, 5) is 25.1. The van der Waals surface area contributed by atoms with Gasteiger partial charge < -0.3 is 10.3 Å². The predicted molar refractivity (Wildman–Crippen MR) is 74.8 cm³/mol. The van der Waals surface area contributed by atoms with Crippen LogP contribution in [0.1, 0.15) is 26.7 Å². The third-order valence-corrected chi connectivity index (χ3v) is 4.22. The molecule has 1 amide bonds. The van der Waals surface area contributed by atoms with Crippen LogP contribution in [-0.2, 0) is 14.8 Å². The predicted octanol–water partition coefficient (Wildman–Crippen LogP) is -0.0420. The number of nitrogens with one attached hydrogen (secondary N) is 3. The maximum atomic E-state index is 11.9. The van der Waals surface area contributed by atoms with Crippen LogP contribution in [0.15, 0.2) is 28.2 Å². The molecule has 112 valence electrons. The minimum Gasteiger partial charge on any atom is -0.366 e. The largest absolute Gasteiger partial charge is 0.366 e. The Morgan fingerprint density at radius 1 is 1.45 bits per heavy atom. The molecule has 20 heavy (non-hydrogen) atoms. The van der Waals surface area contributed by atoms with Crippen molar-refractivity contribution < 1.29 is 13.2 Å². The minimum atomic E-state index is -3.89. The van der Waals surface area contributed by atoms with E-state index in [-0.39, 0.29) is 29.8 Å². The average molecular weight is 301 g/mol. The summed E-state index contributed by atoms with van der Waals surface area (Å²) in [6, 6.07) is 1.18. The first-order valence-electron chi connectivity index (χ1n) is 6.33. The third kappa shape index (κ3) is 4.78. The zero-order chi connectivity index (χ0) is 15.2. The molecule has 0 aliphatic carbocycles. The molecule has 1 heterocycles. The molecule has 1 rings (SSSR count). The van der Waals surface area contributed by atoms with Crippen LogP contribution in [0.2, 0.25) is 0 Å². The zero-order valence-corrected chi connectivity index (χ0v) is 12.3. The molecule has 1 aromatic rings. The number of pyridine rings is 1. The van der Waals surface area contributed by atoms with Crippen LogP contribution >= 0.6 is 0 Å². The second-order valence-electron chi connectivity index (χ2n) is 4.40. The van der Waals surface area contributed by atoms with E-state index in [2.05, 4.69) is 15.0 Å². The van der Waals surface area contributed by atoms with Crippen LogP contribution in [-0.4, -0.2) is 31.9 Å². The van der Waals surface area contributed by atoms with Crippen molar-refractivity contribution in [3.8, 4) is 0 Å². The van der Waals surface area contributed by atoms with Gasteiger partial charge in [-0.15, -0.1) is 0 Å². The fourth-order valence-corrected chi connectivity index (χ4v) is 2.52. The first-order chi connectivity index (χ1) is 9.36. The molecule has 0 aromatic carbocycles. The molecule has 0 saturated carbocycles. The number of carbonyl (C=O) groups excluding carboxylic acids is 1. The highest BCUT2D eigenvalue weighted by Gasteiger charge is 2.17. The smallest absolute Gasteiger partial charge is 0.245 e. The molecule has 0 aliphatic rings. The number of hydrogen-bond donors (Lipinski definition) is 3. The van der Waals surface area contributed by atoms with Gasteiger partial charge in [0, 0.05) is 37.5 Å². The standard InChI is InChI=1S/C12H19N3O4S/c1-3-9(2)15-12(17)5-7-14-20(18,19)11-8-13-6-4-10(11)16/h4,6,8-9,14H,3,5,7H2,1-2H3,(H,13,16)(H,15,17). The van der Waals surface area contributed by atoms with Crippen molar-refractivity contribution in [3.63, 3.8) is 0 Å². The molecule has 1 unspecified atom stereocenters. The Hall–Kier alpha value is -1.67. The first kappa shape index (κ1) is 16.4. The number of aromatic amines is 1. The molecule has 1 atom stereocenters. The lowest BCUT2D eigenvalue weighted by atomic mass is 10.2. The van der Waals surface area contributed by atoms with Crippen molar-refractivity contribution in [1.29, 1.82) is 0 Å². The average Bonchev–Trinajstić information content (AvgIpc) is 2.38. The summed E-state index contributed by atoms with van der Waals surface area (Å²) in [5, 5.41) is 2.73. The van der Waals surface area contributed by atoms with Crippen LogP contribution in [0.25, 0.3) is 0 Å². The van der Waals surface area contributed by atoms with Crippen molar-refractivity contribution >= 4 is 15.9 Å². The number of H-pyrrole nitrogens is 1. The lowest BCUT2D eigenvalue weighted by Gasteiger charge is -2.11. The van der Waals surface area contributed by atoms with Gasteiger partial charge in [-0.2, -0.15) is 0 Å². The quantitative estimate of drug-likeness (QED) is 0.656. The molecule has 0 saturated heterocycles. The SMILES string of the molecule is CCC(C)NC(=O)CCNS(=O)(=O)c1c[nH]ccc1=O. The van der Waals surface area contributed by atoms with Crippen molar-refractivity contribution in [2.45, 2.75) is 37.6 Å². The van der Waals surface area contributed by atoms with E-state index in [0.717, 1.165) is 18.7 Å². The molecule has 0 radical (unpaired) electrons. The summed E-state index contributed by atoms with van der Waals surface area (Å²) in [5.74, 6) is -0.232. The molecular weight excluding hydrogens is 282 g/mol. The Bertz CT molecular complexity index is 609. The Morgan fingerprint density at radius 2 is 2.15 bits per heavy atom. The number of sulfonamides is 1. The minimum absolute atomic E-state index is 0.0221. The molecule has 7 nitrogen and oxygen atoms in total. The normalized spacial score (nSPS) is 12.9. The van der Waals surface area contributed by atoms with Gasteiger partial charge in [0.1, 0.15) is 4.90 Å². The number of carbonyl (C=O) groups is 1. The lowest BCUT2D eigenvalue weighted by Crippen LogP contribution is -2.36. The van der Waals surface area contributed by atoms with Crippen LogP contribution < -0.4 is 15.5 Å². The number of aromatic nitrogens is 1. The zero-order valence-electron chi connectivity index (χ0n) is 11.5. The van der Waals surface area contributed by atoms with Crippen LogP contribution in [0, 0.1) is 0 Å². The molecule has 0 spiro atoms. The third-order valence-electron chi connectivity index (χ3n) is 2.74. The van der Waals surface area contributed by atoms with Crippen LogP contribution in [0.3, 0.4) is 0 Å². The summed E-state index contributed by atoms with van der Waals surface area (Å²) >= 11 is 0. The number of hydrogen-bond acceptors (Lipinski definition) is 4. The second kappa shape index (κ2) is 7.20. The molecule has 0 aliphatic heterocycles. The maximum Gasteiger partial charge on any atom is 0.245 e.